The Hall–Kier alpha value is -2.17. The first-order chi connectivity index (χ1) is 9.72. The third-order valence-corrected chi connectivity index (χ3v) is 3.63. The summed E-state index contributed by atoms with van der Waals surface area (Å²) >= 11 is 0. The zero-order valence-electron chi connectivity index (χ0n) is 11.5. The highest BCUT2D eigenvalue weighted by molar-refractivity contribution is 6.05. The number of nitrogens with zero attached hydrogens (tertiary/aromatic N) is 2. The molecule has 0 saturated heterocycles. The third-order valence-electron chi connectivity index (χ3n) is 3.63. The van der Waals surface area contributed by atoms with E-state index in [4.69, 9.17) is 5.73 Å². The van der Waals surface area contributed by atoms with Gasteiger partial charge in [0.15, 0.2) is 5.69 Å². The first-order valence-corrected chi connectivity index (χ1v) is 7.05. The first kappa shape index (κ1) is 12.8. The lowest BCUT2D eigenvalue weighted by molar-refractivity contribution is 0.0949. The highest BCUT2D eigenvalue weighted by Gasteiger charge is 2.27. The fraction of sp³-hybridized carbons (Fsp3) is 0.400. The summed E-state index contributed by atoms with van der Waals surface area (Å²) in [5, 5.41) is 11.9. The number of carbonyl (C=O) groups is 1. The van der Waals surface area contributed by atoms with E-state index in [0.29, 0.717) is 18.2 Å². The van der Waals surface area contributed by atoms with E-state index < -0.39 is 0 Å². The summed E-state index contributed by atoms with van der Waals surface area (Å²) in [6.45, 7) is 2.61. The average Bonchev–Trinajstić information content (AvgIpc) is 3.29. The van der Waals surface area contributed by atoms with Gasteiger partial charge in [0.05, 0.1) is 11.2 Å². The number of amides is 1. The number of benzene rings is 1. The molecule has 1 amide bonds. The van der Waals surface area contributed by atoms with E-state index in [-0.39, 0.29) is 11.6 Å². The number of aromatic nitrogens is 2. The molecule has 0 spiro atoms. The zero-order chi connectivity index (χ0) is 14.1. The van der Waals surface area contributed by atoms with Gasteiger partial charge in [-0.25, -0.2) is 0 Å². The van der Waals surface area contributed by atoms with Crippen molar-refractivity contribution in [2.45, 2.75) is 32.1 Å². The van der Waals surface area contributed by atoms with Gasteiger partial charge in [-0.1, -0.05) is 25.1 Å². The van der Waals surface area contributed by atoms with Gasteiger partial charge < -0.3 is 11.1 Å². The number of rotatable bonds is 4. The number of hydrogen-bond donors (Lipinski definition) is 2. The molecule has 0 aliphatic heterocycles. The molecule has 2 aromatic rings. The molecule has 0 unspecified atom stereocenters. The van der Waals surface area contributed by atoms with E-state index in [2.05, 4.69) is 21.6 Å². The monoisotopic (exact) mass is 270 g/mol. The number of anilines is 1. The molecule has 1 fully saturated rings. The van der Waals surface area contributed by atoms with Crippen LogP contribution in [-0.4, -0.2) is 22.6 Å². The van der Waals surface area contributed by atoms with Crippen molar-refractivity contribution < 1.29 is 4.79 Å². The van der Waals surface area contributed by atoms with Crippen LogP contribution in [-0.2, 0) is 0 Å². The van der Waals surface area contributed by atoms with Gasteiger partial charge in [-0.05, 0) is 30.7 Å². The maximum atomic E-state index is 12.0. The largest absolute Gasteiger partial charge is 0.396 e. The van der Waals surface area contributed by atoms with Crippen LogP contribution in [0.4, 0.5) is 5.69 Å². The Labute approximate surface area is 117 Å². The average molecular weight is 270 g/mol. The lowest BCUT2D eigenvalue weighted by atomic mass is 10.0. The van der Waals surface area contributed by atoms with E-state index >= 15 is 0 Å². The van der Waals surface area contributed by atoms with Crippen LogP contribution in [0.1, 0.15) is 48.2 Å². The molecule has 20 heavy (non-hydrogen) atoms. The number of nitrogen functional groups attached to an aromatic ring is 1. The fourth-order valence-corrected chi connectivity index (χ4v) is 2.39. The van der Waals surface area contributed by atoms with Gasteiger partial charge in [-0.2, -0.15) is 0 Å². The summed E-state index contributed by atoms with van der Waals surface area (Å²) < 4.78 is 0. The van der Waals surface area contributed by atoms with Crippen LogP contribution in [0.5, 0.6) is 0 Å². The molecule has 5 nitrogen and oxygen atoms in total. The standard InChI is InChI=1S/C15H18N4O/c1-2-8-17-15(20)14-12(16)11-5-3-4-10(9-6-7-9)13(11)18-19-14/h3-5,9H,2,6-8H2,1H3,(H2,16,18)(H,17,20). The quantitative estimate of drug-likeness (QED) is 0.892. The fourth-order valence-electron chi connectivity index (χ4n) is 2.39. The molecule has 1 aliphatic carbocycles. The number of nitrogens with one attached hydrogen (secondary N) is 1. The molecule has 104 valence electrons. The molecule has 1 saturated carbocycles. The molecule has 5 heteroatoms. The molecule has 1 aromatic heterocycles. The van der Waals surface area contributed by atoms with E-state index in [1.807, 2.05) is 19.1 Å². The van der Waals surface area contributed by atoms with Crippen LogP contribution in [0.15, 0.2) is 18.2 Å². The minimum absolute atomic E-state index is 0.221. The third kappa shape index (κ3) is 2.19. The molecule has 1 heterocycles. The molecule has 0 radical (unpaired) electrons. The minimum atomic E-state index is -0.254. The SMILES string of the molecule is CCCNC(=O)c1nnc2c(C3CC3)cccc2c1N. The summed E-state index contributed by atoms with van der Waals surface area (Å²) in [4.78, 5) is 12.0. The van der Waals surface area contributed by atoms with Crippen molar-refractivity contribution in [2.24, 2.45) is 0 Å². The topological polar surface area (TPSA) is 80.9 Å². The predicted molar refractivity (Wildman–Crippen MR) is 78.5 cm³/mol. The Morgan fingerprint density at radius 3 is 2.90 bits per heavy atom. The lowest BCUT2D eigenvalue weighted by Crippen LogP contribution is -2.26. The van der Waals surface area contributed by atoms with Gasteiger partial charge in [0.25, 0.3) is 5.91 Å². The van der Waals surface area contributed by atoms with Gasteiger partial charge in [0.1, 0.15) is 0 Å². The Morgan fingerprint density at radius 1 is 1.40 bits per heavy atom. The van der Waals surface area contributed by atoms with Gasteiger partial charge in [-0.3, -0.25) is 4.79 Å². The van der Waals surface area contributed by atoms with Crippen molar-refractivity contribution in [1.29, 1.82) is 0 Å². The zero-order valence-corrected chi connectivity index (χ0v) is 11.5. The Bertz CT molecular complexity index is 664. The molecule has 3 rings (SSSR count). The highest BCUT2D eigenvalue weighted by Crippen LogP contribution is 2.43. The van der Waals surface area contributed by atoms with E-state index in [1.54, 1.807) is 0 Å². The van der Waals surface area contributed by atoms with Crippen LogP contribution in [0.2, 0.25) is 0 Å². The van der Waals surface area contributed by atoms with Crippen LogP contribution >= 0.6 is 0 Å². The van der Waals surface area contributed by atoms with Gasteiger partial charge in [-0.15, -0.1) is 10.2 Å². The van der Waals surface area contributed by atoms with Crippen LogP contribution in [0, 0.1) is 0 Å². The van der Waals surface area contributed by atoms with Crippen molar-refractivity contribution in [3.05, 3.63) is 29.5 Å². The minimum Gasteiger partial charge on any atom is -0.396 e. The Balaban J connectivity index is 2.04. The molecule has 0 bridgehead atoms. The van der Waals surface area contributed by atoms with Crippen molar-refractivity contribution in [3.8, 4) is 0 Å². The molecule has 1 aliphatic rings. The summed E-state index contributed by atoms with van der Waals surface area (Å²) in [7, 11) is 0. The number of nitrogens with two attached hydrogens (primary N) is 1. The molecule has 0 atom stereocenters. The Morgan fingerprint density at radius 2 is 2.20 bits per heavy atom. The summed E-state index contributed by atoms with van der Waals surface area (Å²) in [5.74, 6) is 0.322. The van der Waals surface area contributed by atoms with Crippen LogP contribution < -0.4 is 11.1 Å². The smallest absolute Gasteiger partial charge is 0.273 e. The van der Waals surface area contributed by atoms with Gasteiger partial charge in [0, 0.05) is 11.9 Å². The Kier molecular flexibility index (Phi) is 3.26. The molecule has 1 aromatic carbocycles. The second-order valence-electron chi connectivity index (χ2n) is 5.24. The van der Waals surface area contributed by atoms with Gasteiger partial charge in [0.2, 0.25) is 0 Å². The lowest BCUT2D eigenvalue weighted by Gasteiger charge is -2.09. The van der Waals surface area contributed by atoms with Crippen molar-refractivity contribution in [1.82, 2.24) is 15.5 Å². The molecular formula is C15H18N4O. The summed E-state index contributed by atoms with van der Waals surface area (Å²) in [6.07, 6.45) is 3.26. The van der Waals surface area contributed by atoms with Gasteiger partial charge >= 0.3 is 0 Å². The van der Waals surface area contributed by atoms with E-state index in [0.717, 1.165) is 17.3 Å². The van der Waals surface area contributed by atoms with E-state index in [1.165, 1.54) is 18.4 Å². The van der Waals surface area contributed by atoms with Crippen molar-refractivity contribution >= 4 is 22.5 Å². The number of carbonyl (C=O) groups excluding carboxylic acids is 1. The van der Waals surface area contributed by atoms with Crippen LogP contribution in [0.3, 0.4) is 0 Å². The molecule has 3 N–H and O–H groups in total. The highest BCUT2D eigenvalue weighted by atomic mass is 16.1. The second-order valence-corrected chi connectivity index (χ2v) is 5.24. The number of fused-ring (bicyclic) bond motifs is 1. The second kappa shape index (κ2) is 5.07. The van der Waals surface area contributed by atoms with Crippen molar-refractivity contribution in [3.63, 3.8) is 0 Å². The van der Waals surface area contributed by atoms with Crippen LogP contribution in [0.25, 0.3) is 10.9 Å². The van der Waals surface area contributed by atoms with E-state index in [9.17, 15) is 4.79 Å². The first-order valence-electron chi connectivity index (χ1n) is 7.05. The maximum Gasteiger partial charge on any atom is 0.273 e. The summed E-state index contributed by atoms with van der Waals surface area (Å²) in [6, 6.07) is 5.95. The number of hydrogen-bond acceptors (Lipinski definition) is 4. The maximum absolute atomic E-state index is 12.0. The normalized spacial score (nSPS) is 14.4. The molecular weight excluding hydrogens is 252 g/mol. The van der Waals surface area contributed by atoms with Crippen molar-refractivity contribution in [2.75, 3.05) is 12.3 Å². The predicted octanol–water partition coefficient (Wildman–Crippen LogP) is 2.23. The summed E-state index contributed by atoms with van der Waals surface area (Å²) in [5.41, 5.74) is 8.79.